The van der Waals surface area contributed by atoms with Gasteiger partial charge in [0.05, 0.1) is 37.0 Å². The molecule has 2 saturated heterocycles. The van der Waals surface area contributed by atoms with E-state index in [0.717, 1.165) is 21.8 Å². The van der Waals surface area contributed by atoms with Gasteiger partial charge in [-0.1, -0.05) is 24.3 Å². The highest BCUT2D eigenvalue weighted by atomic mass is 31.3. The number of fused-ring (bicyclic) bond motifs is 2. The second-order valence-corrected chi connectivity index (χ2v) is 21.3. The van der Waals surface area contributed by atoms with E-state index in [4.69, 9.17) is 50.0 Å². The van der Waals surface area contributed by atoms with Crippen molar-refractivity contribution in [3.63, 3.8) is 0 Å². The second kappa shape index (κ2) is 22.7. The lowest BCUT2D eigenvalue weighted by atomic mass is 10.1. The average Bonchev–Trinajstić information content (AvgIpc) is 4.10. The molecule has 6 heterocycles. The molecule has 0 bridgehead atoms. The predicted molar refractivity (Wildman–Crippen MR) is 253 cm³/mol. The monoisotopic (exact) mass is 1150 g/mol. The number of hydrogen-bond acceptors (Lipinski definition) is 26. The Morgan fingerprint density at radius 3 is 1.50 bits per heavy atom. The third-order valence-corrected chi connectivity index (χ3v) is 14.9. The quantitative estimate of drug-likeness (QED) is 0.0359. The van der Waals surface area contributed by atoms with Gasteiger partial charge in [-0.2, -0.15) is 18.6 Å². The normalized spacial score (nSPS) is 23.3. The number of nitrogens with zero attached hydrogens (tertiary/aromatic N) is 6. The molecule has 4 aromatic heterocycles. The number of benzene rings is 2. The van der Waals surface area contributed by atoms with Crippen molar-refractivity contribution in [3.8, 4) is 0 Å². The number of nitrogens with one attached hydrogen (secondary N) is 4. The molecule has 10 atom stereocenters. The molecule has 6 aromatic rings. The molecule has 412 valence electrons. The van der Waals surface area contributed by atoms with Gasteiger partial charge in [-0.05, 0) is 24.3 Å². The molecule has 76 heavy (non-hydrogen) atoms. The number of para-hydroxylation sites is 2. The number of ether oxygens (including phenoxy) is 4. The molecule has 0 aliphatic carbocycles. The Morgan fingerprint density at radius 2 is 1.05 bits per heavy atom. The number of esters is 2. The number of carbonyl (C=O) groups is 2. The summed E-state index contributed by atoms with van der Waals surface area (Å²) in [6.45, 7) is -1.87. The minimum Gasteiger partial charge on any atom is -0.453 e. The molecule has 40 heteroatoms. The van der Waals surface area contributed by atoms with E-state index < -0.39 is 117 Å². The van der Waals surface area contributed by atoms with Crippen LogP contribution in [0.15, 0.2) is 70.8 Å². The van der Waals surface area contributed by atoms with Gasteiger partial charge in [0.15, 0.2) is 47.0 Å². The molecule has 8 rings (SSSR count). The van der Waals surface area contributed by atoms with Gasteiger partial charge in [0.2, 0.25) is 11.9 Å². The maximum Gasteiger partial charge on any atom is 0.481 e. The second-order valence-electron chi connectivity index (χ2n) is 15.7. The van der Waals surface area contributed by atoms with Gasteiger partial charge in [0.25, 0.3) is 11.1 Å². The summed E-state index contributed by atoms with van der Waals surface area (Å²) in [5.41, 5.74) is 10.4. The fraction of sp³-hybridized carbons (Fsp3) is 0.333. The van der Waals surface area contributed by atoms with Crippen LogP contribution in [0.25, 0.3) is 22.3 Å². The summed E-state index contributed by atoms with van der Waals surface area (Å²) in [6.07, 6.45) is -10.1. The van der Waals surface area contributed by atoms with Crippen molar-refractivity contribution >= 4 is 88.8 Å². The number of phosphoric acid groups is 4. The van der Waals surface area contributed by atoms with Crippen LogP contribution in [0.4, 0.5) is 23.3 Å². The topological polar surface area (TPSA) is 541 Å². The van der Waals surface area contributed by atoms with Crippen LogP contribution in [0, 0.1) is 0 Å². The maximum atomic E-state index is 13.0. The van der Waals surface area contributed by atoms with Crippen LogP contribution in [0.3, 0.4) is 0 Å². The van der Waals surface area contributed by atoms with E-state index in [1.165, 1.54) is 12.1 Å². The number of hydrogen-bond donors (Lipinski definition) is 14. The Kier molecular flexibility index (Phi) is 17.1. The van der Waals surface area contributed by atoms with Gasteiger partial charge < -0.3 is 80.6 Å². The van der Waals surface area contributed by atoms with E-state index >= 15 is 0 Å². The molecule has 2 aliphatic rings. The van der Waals surface area contributed by atoms with Gasteiger partial charge in [-0.15, -0.1) is 0 Å². The summed E-state index contributed by atoms with van der Waals surface area (Å²) >= 11 is 0. The molecule has 36 nitrogen and oxygen atoms in total. The van der Waals surface area contributed by atoms with Crippen LogP contribution >= 0.6 is 31.3 Å². The highest BCUT2D eigenvalue weighted by Gasteiger charge is 2.51. The summed E-state index contributed by atoms with van der Waals surface area (Å²) < 4.78 is 87.1. The molecule has 0 amide bonds. The number of imidazole rings is 2. The zero-order valence-corrected chi connectivity index (χ0v) is 42.1. The molecule has 0 spiro atoms. The van der Waals surface area contributed by atoms with Gasteiger partial charge in [-0.3, -0.25) is 37.7 Å². The molecule has 2 aliphatic heterocycles. The van der Waals surface area contributed by atoms with Crippen molar-refractivity contribution < 1.29 is 104 Å². The zero-order chi connectivity index (χ0) is 55.7. The van der Waals surface area contributed by atoms with E-state index in [9.17, 15) is 57.4 Å². The summed E-state index contributed by atoms with van der Waals surface area (Å²) in [7, 11) is -18.3. The number of nitrogens with two attached hydrogens (primary N) is 2. The number of anilines is 4. The number of aromatic amines is 2. The standard InChI is InChI=1S/2C18H22N6O12P2/c1-20-9-5-3-2-4-8(9)17(27)35-13-10(6-33-38(31,32)36-37(28,29)30)34-16(12(13)25)24-7-21-11-14(24)22-18(19)23-15(11)26;1-20-9-5-3-2-4-8(9)17(27)35-13-12(25)10(6-33-38(31,32)36-37(28,29)30)34-16(13)24-7-21-11-14(24)22-18(19)23-15(11)26/h2*2-5,7,10,12-13,16,20,25H,6H2,1H3,(H,31,32)(H2,28,29,30)(H3,19,22,23,26)/t2*10-,12-,13-,16-/m11/s1. The number of aromatic nitrogens is 8. The summed E-state index contributed by atoms with van der Waals surface area (Å²) in [6, 6.07) is 12.6. The van der Waals surface area contributed by atoms with Gasteiger partial charge in [-0.25, -0.2) is 37.8 Å². The van der Waals surface area contributed by atoms with Crippen LogP contribution in [0.5, 0.6) is 0 Å². The lowest BCUT2D eigenvalue weighted by Gasteiger charge is -2.22. The Labute approximate surface area is 422 Å². The van der Waals surface area contributed by atoms with Crippen molar-refractivity contribution in [2.24, 2.45) is 0 Å². The first-order valence-corrected chi connectivity index (χ1v) is 27.2. The fourth-order valence-corrected chi connectivity index (χ4v) is 10.7. The van der Waals surface area contributed by atoms with Crippen molar-refractivity contribution in [3.05, 3.63) is 93.0 Å². The smallest absolute Gasteiger partial charge is 0.453 e. The molecular weight excluding hydrogens is 1110 g/mol. The van der Waals surface area contributed by atoms with Crippen molar-refractivity contribution in [1.29, 1.82) is 0 Å². The Morgan fingerprint density at radius 1 is 0.645 bits per heavy atom. The van der Waals surface area contributed by atoms with Crippen LogP contribution in [0.1, 0.15) is 33.2 Å². The van der Waals surface area contributed by atoms with Gasteiger partial charge >= 0.3 is 43.2 Å². The Balaban J connectivity index is 0.000000221. The molecule has 0 saturated carbocycles. The van der Waals surface area contributed by atoms with E-state index in [0.29, 0.717) is 11.4 Å². The van der Waals surface area contributed by atoms with Crippen molar-refractivity contribution in [1.82, 2.24) is 39.0 Å². The van der Waals surface area contributed by atoms with Crippen LogP contribution in [-0.2, 0) is 54.9 Å². The Bertz CT molecular complexity index is 3460. The van der Waals surface area contributed by atoms with E-state index in [1.54, 1.807) is 50.5 Å². The number of nitrogen functional groups attached to an aromatic ring is 2. The average molecular weight is 1150 g/mol. The van der Waals surface area contributed by atoms with Crippen LogP contribution in [0.2, 0.25) is 0 Å². The summed E-state index contributed by atoms with van der Waals surface area (Å²) in [4.78, 5) is 125. The lowest BCUT2D eigenvalue weighted by Crippen LogP contribution is -2.38. The van der Waals surface area contributed by atoms with E-state index in [1.807, 2.05) is 0 Å². The molecular formula is C36H44N12O24P4. The van der Waals surface area contributed by atoms with E-state index in [2.05, 4.69) is 58.2 Å². The maximum absolute atomic E-state index is 13.0. The number of rotatable bonds is 18. The minimum atomic E-state index is -5.42. The molecule has 0 radical (unpaired) electrons. The highest BCUT2D eigenvalue weighted by Crippen LogP contribution is 2.59. The SMILES string of the molecule is CNc1ccccc1C(=O)O[C@@H]1[C@H](O)[C@@H](COP(=O)(O)OP(=O)(O)O)O[C@H]1n1cnc2c(=O)[nH]c(N)nc21.CNc1ccccc1C(=O)O[C@H]1[C@@H](O)[C@H](n2cnc3c(=O)[nH]c(N)nc32)O[C@@H]1COP(=O)(O)OP(=O)(O)O. The molecule has 16 N–H and O–H groups in total. The summed E-state index contributed by atoms with van der Waals surface area (Å²) in [5, 5.41) is 27.6. The third kappa shape index (κ3) is 13.4. The van der Waals surface area contributed by atoms with E-state index in [-0.39, 0.29) is 45.4 Å². The van der Waals surface area contributed by atoms with Gasteiger partial charge in [0, 0.05) is 25.5 Å². The zero-order valence-electron chi connectivity index (χ0n) is 38.5. The molecule has 2 fully saturated rings. The number of carbonyl (C=O) groups excluding carboxylic acids is 2. The predicted octanol–water partition coefficient (Wildman–Crippen LogP) is -1.09. The van der Waals surface area contributed by atoms with Crippen LogP contribution in [-0.4, -0.2) is 154 Å². The van der Waals surface area contributed by atoms with Crippen molar-refractivity contribution in [2.75, 3.05) is 49.4 Å². The molecule has 2 aromatic carbocycles. The number of aliphatic hydroxyl groups excluding tert-OH is 2. The molecule has 2 unspecified atom stereocenters. The van der Waals surface area contributed by atoms with Crippen LogP contribution < -0.4 is 33.2 Å². The number of H-pyrrole nitrogens is 2. The first-order valence-electron chi connectivity index (χ1n) is 21.1. The first-order chi connectivity index (χ1) is 35.6. The van der Waals surface area contributed by atoms with Crippen molar-refractivity contribution in [2.45, 2.75) is 49.1 Å². The fourth-order valence-electron chi connectivity index (χ4n) is 7.48. The highest BCUT2D eigenvalue weighted by molar-refractivity contribution is 7.61. The first kappa shape index (κ1) is 57.3. The summed E-state index contributed by atoms with van der Waals surface area (Å²) in [5.74, 6) is -2.34. The Hall–Kier alpha value is -6.36. The lowest BCUT2D eigenvalue weighted by molar-refractivity contribution is -0.0558. The number of phosphoric ester groups is 2. The number of aliphatic hydroxyl groups is 2. The largest absolute Gasteiger partial charge is 0.481 e. The third-order valence-electron chi connectivity index (χ3n) is 10.6. The van der Waals surface area contributed by atoms with Gasteiger partial charge in [0.1, 0.15) is 24.4 Å². The minimum absolute atomic E-state index is 0.0806.